The number of hydrogen-bond acceptors (Lipinski definition) is 6. The second kappa shape index (κ2) is 4.44. The normalized spacial score (nSPS) is 34.2. The molecular weight excluding hydrogens is 304 g/mol. The Morgan fingerprint density at radius 1 is 1.18 bits per heavy atom. The Balaban J connectivity index is 2.23. The van der Waals surface area contributed by atoms with Crippen LogP contribution in [0, 0.1) is 33.5 Å². The van der Waals surface area contributed by atoms with Gasteiger partial charge in [0.25, 0.3) is 5.91 Å². The first-order valence-electron chi connectivity index (χ1n) is 6.53. The van der Waals surface area contributed by atoms with Gasteiger partial charge >= 0.3 is 0 Å². The van der Waals surface area contributed by atoms with E-state index in [-0.39, 0.29) is 5.84 Å². The van der Waals surface area contributed by atoms with Crippen molar-refractivity contribution in [3.63, 3.8) is 0 Å². The molecule has 3 rings (SSSR count). The van der Waals surface area contributed by atoms with Crippen molar-refractivity contribution in [1.29, 1.82) is 10.5 Å². The van der Waals surface area contributed by atoms with Crippen LogP contribution >= 0.6 is 11.6 Å². The summed E-state index contributed by atoms with van der Waals surface area (Å²) in [6.45, 7) is 0. The van der Waals surface area contributed by atoms with E-state index in [1.165, 1.54) is 14.2 Å². The molecule has 0 bridgehead atoms. The van der Waals surface area contributed by atoms with Crippen LogP contribution in [-0.4, -0.2) is 26.0 Å². The Hall–Kier alpha value is -2.12. The van der Waals surface area contributed by atoms with E-state index >= 15 is 0 Å². The molecule has 0 aromatic heterocycles. The Morgan fingerprint density at radius 3 is 2.23 bits per heavy atom. The summed E-state index contributed by atoms with van der Waals surface area (Å²) in [4.78, 5) is 4.15. The zero-order valence-electron chi connectivity index (χ0n) is 12.0. The van der Waals surface area contributed by atoms with Crippen LogP contribution in [0.4, 0.5) is 0 Å². The first kappa shape index (κ1) is 14.8. The van der Waals surface area contributed by atoms with E-state index < -0.39 is 22.7 Å². The lowest BCUT2D eigenvalue weighted by atomic mass is 9.93. The van der Waals surface area contributed by atoms with Gasteiger partial charge in [-0.05, 0) is 17.7 Å². The smallest absolute Gasteiger partial charge is 0.292 e. The molecule has 1 aromatic rings. The van der Waals surface area contributed by atoms with E-state index in [0.29, 0.717) is 5.02 Å². The second-order valence-electron chi connectivity index (χ2n) is 5.31. The Kier molecular flexibility index (Phi) is 2.99. The van der Waals surface area contributed by atoms with Gasteiger partial charge in [0.1, 0.15) is 11.3 Å². The fraction of sp³-hybridized carbons (Fsp3) is 0.400. The van der Waals surface area contributed by atoms with Gasteiger partial charge in [0.15, 0.2) is 5.41 Å². The molecule has 0 spiro atoms. The van der Waals surface area contributed by atoms with Crippen LogP contribution in [0.25, 0.3) is 0 Å². The summed E-state index contributed by atoms with van der Waals surface area (Å²) in [5.41, 5.74) is 4.18. The highest BCUT2D eigenvalue weighted by Crippen LogP contribution is 2.81. The Morgan fingerprint density at radius 2 is 1.77 bits per heavy atom. The van der Waals surface area contributed by atoms with Gasteiger partial charge < -0.3 is 15.2 Å². The number of ether oxygens (including phenoxy) is 2. The summed E-state index contributed by atoms with van der Waals surface area (Å²) in [6.07, 6.45) is 0. The van der Waals surface area contributed by atoms with E-state index in [2.05, 4.69) is 17.1 Å². The maximum absolute atomic E-state index is 9.85. The van der Waals surface area contributed by atoms with Crippen molar-refractivity contribution >= 4 is 17.4 Å². The van der Waals surface area contributed by atoms with Crippen molar-refractivity contribution in [1.82, 2.24) is 0 Å². The molecule has 6 nitrogen and oxygen atoms in total. The maximum atomic E-state index is 9.85. The fourth-order valence-corrected chi connectivity index (χ4v) is 3.80. The number of halogens is 1. The summed E-state index contributed by atoms with van der Waals surface area (Å²) in [6, 6.07) is 11.3. The lowest BCUT2D eigenvalue weighted by molar-refractivity contribution is -0.230. The van der Waals surface area contributed by atoms with E-state index in [1.54, 1.807) is 24.3 Å². The largest absolute Gasteiger partial charge is 0.386 e. The molecule has 1 aliphatic carbocycles. The van der Waals surface area contributed by atoms with Crippen molar-refractivity contribution in [3.05, 3.63) is 34.9 Å². The van der Waals surface area contributed by atoms with Gasteiger partial charge in [-0.1, -0.05) is 23.7 Å². The van der Waals surface area contributed by atoms with Crippen molar-refractivity contribution < 1.29 is 9.47 Å². The quantitative estimate of drug-likeness (QED) is 0.856. The number of hydrogen-bond donors (Lipinski definition) is 1. The van der Waals surface area contributed by atoms with Crippen LogP contribution in [0.3, 0.4) is 0 Å². The Labute approximate surface area is 132 Å². The Bertz CT molecular complexity index is 744. The summed E-state index contributed by atoms with van der Waals surface area (Å²) in [7, 11) is 2.76. The number of fused-ring (bicyclic) bond motifs is 1. The number of nitrogens with two attached hydrogens (primary N) is 1. The average Bonchev–Trinajstić information content (AvgIpc) is 3.11. The third kappa shape index (κ3) is 1.29. The summed E-state index contributed by atoms with van der Waals surface area (Å²) >= 11 is 5.91. The molecule has 2 aliphatic rings. The van der Waals surface area contributed by atoms with E-state index in [4.69, 9.17) is 26.8 Å². The molecule has 112 valence electrons. The third-order valence-corrected chi connectivity index (χ3v) is 4.94. The van der Waals surface area contributed by atoms with E-state index in [0.717, 1.165) is 5.56 Å². The minimum atomic E-state index is -1.59. The van der Waals surface area contributed by atoms with Gasteiger partial charge in [-0.3, -0.25) is 0 Å². The van der Waals surface area contributed by atoms with Crippen LogP contribution < -0.4 is 5.73 Å². The molecule has 1 aromatic carbocycles. The number of rotatable bonds is 3. The van der Waals surface area contributed by atoms with Crippen LogP contribution in [0.15, 0.2) is 29.3 Å². The van der Waals surface area contributed by atoms with Gasteiger partial charge in [-0.15, -0.1) is 0 Å². The highest BCUT2D eigenvalue weighted by atomic mass is 35.5. The van der Waals surface area contributed by atoms with Crippen LogP contribution in [0.2, 0.25) is 5.02 Å². The van der Waals surface area contributed by atoms with Crippen molar-refractivity contribution in [3.8, 4) is 12.1 Å². The SMILES string of the molecule is COC1(OC)N=C(N)[C@]2(C#N)[C@H](c3ccc(Cl)cc3)[C@]12C#N. The predicted molar refractivity (Wildman–Crippen MR) is 78.7 cm³/mol. The van der Waals surface area contributed by atoms with Crippen LogP contribution in [0.1, 0.15) is 11.5 Å². The molecule has 2 N–H and O–H groups in total. The van der Waals surface area contributed by atoms with Crippen LogP contribution in [-0.2, 0) is 9.47 Å². The zero-order valence-corrected chi connectivity index (χ0v) is 12.8. The molecular formula is C15H13ClN4O2. The van der Waals surface area contributed by atoms with E-state index in [9.17, 15) is 10.5 Å². The van der Waals surface area contributed by atoms with Gasteiger partial charge in [0, 0.05) is 25.2 Å². The van der Waals surface area contributed by atoms with Gasteiger partial charge in [0.2, 0.25) is 0 Å². The lowest BCUT2D eigenvalue weighted by Gasteiger charge is -2.29. The van der Waals surface area contributed by atoms with Gasteiger partial charge in [-0.2, -0.15) is 10.5 Å². The predicted octanol–water partition coefficient (Wildman–Crippen LogP) is 1.77. The standard InChI is InChI=1S/C15H13ClN4O2/c1-21-15(22-2)14(8-18)11(9-3-5-10(16)6-4-9)13(14,7-17)12(19)20-15/h3-6,11H,1-2H3,(H2,19,20)/t11-,13-,14-/m0/s1. The number of nitriles is 2. The van der Waals surface area contributed by atoms with Crippen molar-refractivity contribution in [2.45, 2.75) is 11.8 Å². The molecule has 0 saturated heterocycles. The van der Waals surface area contributed by atoms with Crippen LogP contribution in [0.5, 0.6) is 0 Å². The lowest BCUT2D eigenvalue weighted by Crippen LogP contribution is -2.41. The third-order valence-electron chi connectivity index (χ3n) is 4.68. The highest BCUT2D eigenvalue weighted by Gasteiger charge is 2.93. The molecule has 1 aliphatic heterocycles. The van der Waals surface area contributed by atoms with Crippen molar-refractivity contribution in [2.24, 2.45) is 21.6 Å². The minimum Gasteiger partial charge on any atom is -0.386 e. The zero-order chi connectivity index (χ0) is 16.2. The second-order valence-corrected chi connectivity index (χ2v) is 5.75. The molecule has 0 unspecified atom stereocenters. The van der Waals surface area contributed by atoms with E-state index in [1.807, 2.05) is 0 Å². The molecule has 1 heterocycles. The summed E-state index contributed by atoms with van der Waals surface area (Å²) in [5, 5.41) is 20.2. The first-order chi connectivity index (χ1) is 10.5. The molecule has 7 heteroatoms. The molecule has 0 amide bonds. The maximum Gasteiger partial charge on any atom is 0.292 e. The molecule has 0 radical (unpaired) electrons. The van der Waals surface area contributed by atoms with Gasteiger partial charge in [-0.25, -0.2) is 4.99 Å². The molecule has 3 atom stereocenters. The number of aliphatic imine (C=N–C) groups is 1. The first-order valence-corrected chi connectivity index (χ1v) is 6.91. The summed E-state index contributed by atoms with van der Waals surface area (Å²) < 4.78 is 10.8. The van der Waals surface area contributed by atoms with Crippen molar-refractivity contribution in [2.75, 3.05) is 14.2 Å². The molecule has 1 saturated carbocycles. The fourth-order valence-electron chi connectivity index (χ4n) is 3.68. The minimum absolute atomic E-state index is 0.0557. The summed E-state index contributed by atoms with van der Waals surface area (Å²) in [5.74, 6) is -2.03. The average molecular weight is 317 g/mol. The highest BCUT2D eigenvalue weighted by molar-refractivity contribution is 6.30. The number of methoxy groups -OCH3 is 2. The molecule has 1 fully saturated rings. The van der Waals surface area contributed by atoms with Gasteiger partial charge in [0.05, 0.1) is 12.1 Å². The number of nitrogens with zero attached hydrogens (tertiary/aromatic N) is 3. The number of benzene rings is 1. The monoisotopic (exact) mass is 316 g/mol. The topological polar surface area (TPSA) is 104 Å². The molecule has 22 heavy (non-hydrogen) atoms. The number of amidine groups is 1.